The van der Waals surface area contributed by atoms with E-state index in [1.54, 1.807) is 0 Å². The highest BCUT2D eigenvalue weighted by Gasteiger charge is 2.26. The van der Waals surface area contributed by atoms with E-state index in [1.807, 2.05) is 38.1 Å². The first-order valence-corrected chi connectivity index (χ1v) is 9.42. The number of halogens is 1. The Hall–Kier alpha value is -1.73. The van der Waals surface area contributed by atoms with E-state index in [0.717, 1.165) is 36.0 Å². The van der Waals surface area contributed by atoms with Crippen LogP contribution in [0.4, 0.5) is 0 Å². The number of carbonyl (C=O) groups excluding carboxylic acids is 1. The smallest absolute Gasteiger partial charge is 0.241 e. The van der Waals surface area contributed by atoms with Crippen LogP contribution in [0.1, 0.15) is 32.6 Å². The number of amides is 1. The molecule has 0 aliphatic carbocycles. The van der Waals surface area contributed by atoms with Crippen molar-refractivity contribution in [2.75, 3.05) is 13.1 Å². The fourth-order valence-corrected chi connectivity index (χ4v) is 3.25. The Balaban J connectivity index is 1.53. The number of hydrogen-bond acceptors (Lipinski definition) is 5. The first-order valence-electron chi connectivity index (χ1n) is 8.62. The number of nitrogens with zero attached hydrogens (tertiary/aromatic N) is 3. The summed E-state index contributed by atoms with van der Waals surface area (Å²) in [6, 6.07) is 8.02. The van der Waals surface area contributed by atoms with Gasteiger partial charge >= 0.3 is 0 Å². The Morgan fingerprint density at radius 2 is 2.00 bits per heavy atom. The Morgan fingerprint density at radius 1 is 1.32 bits per heavy atom. The Kier molecular flexibility index (Phi) is 5.86. The van der Waals surface area contributed by atoms with Gasteiger partial charge in [-0.25, -0.2) is 0 Å². The zero-order chi connectivity index (χ0) is 17.8. The van der Waals surface area contributed by atoms with Crippen molar-refractivity contribution in [2.24, 2.45) is 5.92 Å². The van der Waals surface area contributed by atoms with E-state index >= 15 is 0 Å². The van der Waals surface area contributed by atoms with Gasteiger partial charge in [0, 0.05) is 22.0 Å². The lowest BCUT2D eigenvalue weighted by molar-refractivity contribution is -0.127. The molecule has 1 fully saturated rings. The molecule has 6 nitrogen and oxygen atoms in total. The molecule has 0 unspecified atom stereocenters. The SMILES string of the molecule is CC(C)NC(=O)C1CCN(Cc2nc(-c3ccc(Br)cc3)no2)CC1. The van der Waals surface area contributed by atoms with Gasteiger partial charge in [0.15, 0.2) is 0 Å². The summed E-state index contributed by atoms with van der Waals surface area (Å²) >= 11 is 3.42. The molecule has 2 aromatic rings. The van der Waals surface area contributed by atoms with Gasteiger partial charge in [0.05, 0.1) is 6.54 Å². The van der Waals surface area contributed by atoms with Gasteiger partial charge in [-0.1, -0.05) is 21.1 Å². The minimum atomic E-state index is 0.111. The molecule has 25 heavy (non-hydrogen) atoms. The highest BCUT2D eigenvalue weighted by atomic mass is 79.9. The molecule has 1 aliphatic rings. The summed E-state index contributed by atoms with van der Waals surface area (Å²) in [5.74, 6) is 1.50. The van der Waals surface area contributed by atoms with Crippen LogP contribution in [0.2, 0.25) is 0 Å². The average Bonchev–Trinajstić information content (AvgIpc) is 3.04. The molecule has 1 amide bonds. The van der Waals surface area contributed by atoms with Gasteiger partial charge in [0.25, 0.3) is 0 Å². The van der Waals surface area contributed by atoms with Crippen LogP contribution in [0.3, 0.4) is 0 Å². The van der Waals surface area contributed by atoms with Gasteiger partial charge in [0.2, 0.25) is 17.6 Å². The molecule has 1 aromatic heterocycles. The number of aromatic nitrogens is 2. The van der Waals surface area contributed by atoms with Crippen molar-refractivity contribution in [3.63, 3.8) is 0 Å². The van der Waals surface area contributed by atoms with Crippen molar-refractivity contribution < 1.29 is 9.32 Å². The topological polar surface area (TPSA) is 71.3 Å². The second kappa shape index (κ2) is 8.10. The van der Waals surface area contributed by atoms with Gasteiger partial charge in [-0.2, -0.15) is 4.98 Å². The molecule has 1 aliphatic heterocycles. The van der Waals surface area contributed by atoms with Gasteiger partial charge in [-0.05, 0) is 64.0 Å². The first-order chi connectivity index (χ1) is 12.0. The van der Waals surface area contributed by atoms with Crippen LogP contribution in [-0.2, 0) is 11.3 Å². The summed E-state index contributed by atoms with van der Waals surface area (Å²) in [4.78, 5) is 18.8. The predicted molar refractivity (Wildman–Crippen MR) is 98.7 cm³/mol. The van der Waals surface area contributed by atoms with Gasteiger partial charge in [-0.3, -0.25) is 9.69 Å². The van der Waals surface area contributed by atoms with Gasteiger partial charge in [0.1, 0.15) is 0 Å². The quantitative estimate of drug-likeness (QED) is 0.824. The summed E-state index contributed by atoms with van der Waals surface area (Å²) in [5.41, 5.74) is 0.933. The Bertz CT molecular complexity index is 706. The molecule has 7 heteroatoms. The molecular formula is C18H23BrN4O2. The maximum absolute atomic E-state index is 12.1. The lowest BCUT2D eigenvalue weighted by Crippen LogP contribution is -2.42. The van der Waals surface area contributed by atoms with Crippen molar-refractivity contribution in [2.45, 2.75) is 39.3 Å². The zero-order valence-electron chi connectivity index (χ0n) is 14.5. The average molecular weight is 407 g/mol. The Morgan fingerprint density at radius 3 is 2.64 bits per heavy atom. The van der Waals surface area contributed by atoms with E-state index in [2.05, 4.69) is 36.3 Å². The predicted octanol–water partition coefficient (Wildman–Crippen LogP) is 3.24. The lowest BCUT2D eigenvalue weighted by Gasteiger charge is -2.30. The largest absolute Gasteiger partial charge is 0.354 e. The lowest BCUT2D eigenvalue weighted by atomic mass is 9.95. The van der Waals surface area contributed by atoms with Crippen LogP contribution in [0.25, 0.3) is 11.4 Å². The molecule has 1 N–H and O–H groups in total. The minimum absolute atomic E-state index is 0.111. The van der Waals surface area contributed by atoms with E-state index in [4.69, 9.17) is 4.52 Å². The summed E-state index contributed by atoms with van der Waals surface area (Å²) < 4.78 is 6.40. The number of likely N-dealkylation sites (tertiary alicyclic amines) is 1. The van der Waals surface area contributed by atoms with Crippen LogP contribution in [0.5, 0.6) is 0 Å². The van der Waals surface area contributed by atoms with Crippen LogP contribution in [0.15, 0.2) is 33.3 Å². The van der Waals surface area contributed by atoms with Crippen LogP contribution >= 0.6 is 15.9 Å². The molecule has 0 saturated carbocycles. The minimum Gasteiger partial charge on any atom is -0.354 e. The highest BCUT2D eigenvalue weighted by molar-refractivity contribution is 9.10. The molecule has 0 spiro atoms. The highest BCUT2D eigenvalue weighted by Crippen LogP contribution is 2.21. The molecule has 134 valence electrons. The standard InChI is InChI=1S/C18H23BrN4O2/c1-12(2)20-18(24)14-7-9-23(10-8-14)11-16-21-17(22-25-16)13-3-5-15(19)6-4-13/h3-6,12,14H,7-11H2,1-2H3,(H,20,24). The molecule has 1 aromatic carbocycles. The third-order valence-corrected chi connectivity index (χ3v) is 4.85. The van der Waals surface area contributed by atoms with Crippen LogP contribution in [0, 0.1) is 5.92 Å². The summed E-state index contributed by atoms with van der Waals surface area (Å²) in [5, 5.41) is 7.07. The van der Waals surface area contributed by atoms with E-state index in [1.165, 1.54) is 0 Å². The van der Waals surface area contributed by atoms with Crippen molar-refractivity contribution in [3.05, 3.63) is 34.6 Å². The van der Waals surface area contributed by atoms with Crippen molar-refractivity contribution in [1.29, 1.82) is 0 Å². The van der Waals surface area contributed by atoms with Gasteiger partial charge < -0.3 is 9.84 Å². The maximum Gasteiger partial charge on any atom is 0.241 e. The molecule has 2 heterocycles. The summed E-state index contributed by atoms with van der Waals surface area (Å²) in [6.45, 7) is 6.34. The van der Waals surface area contributed by atoms with E-state index in [9.17, 15) is 4.79 Å². The second-order valence-electron chi connectivity index (χ2n) is 6.73. The Labute approximate surface area is 156 Å². The van der Waals surface area contributed by atoms with E-state index < -0.39 is 0 Å². The third-order valence-electron chi connectivity index (χ3n) is 4.32. The molecule has 0 atom stereocenters. The number of rotatable bonds is 5. The van der Waals surface area contributed by atoms with Crippen LogP contribution < -0.4 is 5.32 Å². The normalized spacial score (nSPS) is 16.3. The van der Waals surface area contributed by atoms with E-state index in [0.29, 0.717) is 18.3 Å². The zero-order valence-corrected chi connectivity index (χ0v) is 16.1. The fraction of sp³-hybridized carbons (Fsp3) is 0.500. The molecular weight excluding hydrogens is 384 g/mol. The monoisotopic (exact) mass is 406 g/mol. The van der Waals surface area contributed by atoms with Crippen molar-refractivity contribution >= 4 is 21.8 Å². The summed E-state index contributed by atoms with van der Waals surface area (Å²) in [6.07, 6.45) is 1.73. The van der Waals surface area contributed by atoms with Crippen LogP contribution in [-0.4, -0.2) is 40.1 Å². The number of nitrogens with one attached hydrogen (secondary N) is 1. The second-order valence-corrected chi connectivity index (χ2v) is 7.65. The number of hydrogen-bond donors (Lipinski definition) is 1. The maximum atomic E-state index is 12.1. The van der Waals surface area contributed by atoms with Crippen molar-refractivity contribution in [3.8, 4) is 11.4 Å². The fourth-order valence-electron chi connectivity index (χ4n) is 2.98. The van der Waals surface area contributed by atoms with Crippen molar-refractivity contribution in [1.82, 2.24) is 20.4 Å². The summed E-state index contributed by atoms with van der Waals surface area (Å²) in [7, 11) is 0. The molecule has 1 saturated heterocycles. The number of carbonyl (C=O) groups is 1. The third kappa shape index (κ3) is 4.89. The number of piperidine rings is 1. The molecule has 0 bridgehead atoms. The molecule has 0 radical (unpaired) electrons. The van der Waals surface area contributed by atoms with E-state index in [-0.39, 0.29) is 17.9 Å². The molecule has 3 rings (SSSR count). The first kappa shape index (κ1) is 18.1. The number of benzene rings is 1. The van der Waals surface area contributed by atoms with Gasteiger partial charge in [-0.15, -0.1) is 0 Å².